The molecule has 0 spiro atoms. The van der Waals surface area contributed by atoms with E-state index in [9.17, 15) is 4.79 Å². The number of amides is 1. The second-order valence-electron chi connectivity index (χ2n) is 12.5. The van der Waals surface area contributed by atoms with Crippen LogP contribution in [0.15, 0.2) is 115 Å². The Morgan fingerprint density at radius 3 is 2.09 bits per heavy atom. The van der Waals surface area contributed by atoms with E-state index in [4.69, 9.17) is 4.74 Å². The largest absolute Gasteiger partial charge is 0.490 e. The maximum absolute atomic E-state index is 13.1. The van der Waals surface area contributed by atoms with Gasteiger partial charge in [-0.2, -0.15) is 0 Å². The first kappa shape index (κ1) is 30.1. The average Bonchev–Trinajstić information content (AvgIpc) is 3.08. The predicted molar refractivity (Wildman–Crippen MR) is 178 cm³/mol. The highest BCUT2D eigenvalue weighted by Gasteiger charge is 2.25. The number of benzene rings is 4. The highest BCUT2D eigenvalue weighted by Crippen LogP contribution is 2.28. The van der Waals surface area contributed by atoms with Crippen molar-refractivity contribution in [3.63, 3.8) is 0 Å². The Bertz CT molecular complexity index is 1400. The molecule has 0 saturated carbocycles. The molecular weight excluding hydrogens is 542 g/mol. The third-order valence-electron chi connectivity index (χ3n) is 9.18. The van der Waals surface area contributed by atoms with Crippen LogP contribution in [0, 0.1) is 5.92 Å². The number of rotatable bonds is 11. The molecule has 0 radical (unpaired) electrons. The lowest BCUT2D eigenvalue weighted by atomic mass is 9.90. The zero-order chi connectivity index (χ0) is 30.0. The quantitative estimate of drug-likeness (QED) is 0.205. The SMILES string of the molecule is O=C(NCC1CCCN(Cc2ccccc2)C1)c1cccc(OC2CCN(CC(c3ccccc3)c3ccccc3)CC2)c1. The summed E-state index contributed by atoms with van der Waals surface area (Å²) in [4.78, 5) is 18.2. The Kier molecular flexibility index (Phi) is 10.4. The number of carbonyl (C=O) groups excluding carboxylic acids is 1. The van der Waals surface area contributed by atoms with E-state index in [0.717, 1.165) is 64.3 Å². The number of nitrogens with zero attached hydrogens (tertiary/aromatic N) is 2. The molecule has 44 heavy (non-hydrogen) atoms. The number of hydrogen-bond donors (Lipinski definition) is 1. The lowest BCUT2D eigenvalue weighted by molar-refractivity contribution is 0.0922. The first-order chi connectivity index (χ1) is 21.7. The molecule has 1 N–H and O–H groups in total. The lowest BCUT2D eigenvalue weighted by Crippen LogP contribution is -2.40. The molecule has 2 fully saturated rings. The standard InChI is InChI=1S/C39H45N3O2/c43-39(40-27-32-14-11-23-42(29-32)28-31-12-4-1-5-13-31)35-19-10-20-37(26-35)44-36-21-24-41(25-22-36)30-38(33-15-6-2-7-16-33)34-17-8-3-9-18-34/h1-10,12-13,15-20,26,32,36,38H,11,14,21-25,27-30H2,(H,40,43). The van der Waals surface area contributed by atoms with E-state index in [2.05, 4.69) is 106 Å². The summed E-state index contributed by atoms with van der Waals surface area (Å²) in [5, 5.41) is 3.21. The minimum Gasteiger partial charge on any atom is -0.490 e. The second kappa shape index (κ2) is 15.2. The zero-order valence-corrected chi connectivity index (χ0v) is 25.7. The summed E-state index contributed by atoms with van der Waals surface area (Å²) in [6.07, 6.45) is 4.45. The zero-order valence-electron chi connectivity index (χ0n) is 25.7. The van der Waals surface area contributed by atoms with Gasteiger partial charge in [-0.05, 0) is 73.0 Å². The minimum absolute atomic E-state index is 0.0154. The molecule has 4 aromatic carbocycles. The minimum atomic E-state index is -0.0154. The Morgan fingerprint density at radius 2 is 1.41 bits per heavy atom. The Balaban J connectivity index is 0.973. The molecule has 4 aromatic rings. The van der Waals surface area contributed by atoms with Gasteiger partial charge in [0.2, 0.25) is 0 Å². The van der Waals surface area contributed by atoms with Crippen LogP contribution >= 0.6 is 0 Å². The molecule has 2 aliphatic heterocycles. The average molecular weight is 588 g/mol. The van der Waals surface area contributed by atoms with E-state index in [1.54, 1.807) is 0 Å². The van der Waals surface area contributed by atoms with Crippen LogP contribution in [0.4, 0.5) is 0 Å². The van der Waals surface area contributed by atoms with Crippen LogP contribution in [0.2, 0.25) is 0 Å². The molecule has 1 atom stereocenters. The summed E-state index contributed by atoms with van der Waals surface area (Å²) in [7, 11) is 0. The highest BCUT2D eigenvalue weighted by atomic mass is 16.5. The normalized spacial score (nSPS) is 18.2. The van der Waals surface area contributed by atoms with E-state index < -0.39 is 0 Å². The van der Waals surface area contributed by atoms with Crippen molar-refractivity contribution >= 4 is 5.91 Å². The van der Waals surface area contributed by atoms with Gasteiger partial charge in [0.15, 0.2) is 0 Å². The number of ether oxygens (including phenoxy) is 1. The third kappa shape index (κ3) is 8.37. The van der Waals surface area contributed by atoms with Crippen molar-refractivity contribution in [3.05, 3.63) is 138 Å². The summed E-state index contributed by atoms with van der Waals surface area (Å²) in [5.41, 5.74) is 4.74. The number of piperidine rings is 2. The molecule has 1 amide bonds. The van der Waals surface area contributed by atoms with Crippen molar-refractivity contribution in [1.29, 1.82) is 0 Å². The Morgan fingerprint density at radius 1 is 0.750 bits per heavy atom. The molecule has 0 aliphatic carbocycles. The van der Waals surface area contributed by atoms with Crippen LogP contribution in [0.3, 0.4) is 0 Å². The van der Waals surface area contributed by atoms with Gasteiger partial charge >= 0.3 is 0 Å². The van der Waals surface area contributed by atoms with Crippen LogP contribution in [-0.4, -0.2) is 61.1 Å². The van der Waals surface area contributed by atoms with Gasteiger partial charge in [-0.15, -0.1) is 0 Å². The van der Waals surface area contributed by atoms with Crippen LogP contribution < -0.4 is 10.1 Å². The number of carbonyl (C=O) groups is 1. The fourth-order valence-electron chi connectivity index (χ4n) is 6.79. The van der Waals surface area contributed by atoms with Gasteiger partial charge in [-0.3, -0.25) is 9.69 Å². The smallest absolute Gasteiger partial charge is 0.251 e. The van der Waals surface area contributed by atoms with Crippen molar-refractivity contribution in [2.24, 2.45) is 5.92 Å². The number of hydrogen-bond acceptors (Lipinski definition) is 4. The molecule has 228 valence electrons. The summed E-state index contributed by atoms with van der Waals surface area (Å²) in [6.45, 7) is 6.84. The second-order valence-corrected chi connectivity index (χ2v) is 12.5. The maximum atomic E-state index is 13.1. The summed E-state index contributed by atoms with van der Waals surface area (Å²) in [6, 6.07) is 40.1. The van der Waals surface area contributed by atoms with Crippen molar-refractivity contribution in [3.8, 4) is 5.75 Å². The van der Waals surface area contributed by atoms with Gasteiger partial charge < -0.3 is 15.0 Å². The molecule has 1 unspecified atom stereocenters. The Labute approximate surface area is 262 Å². The van der Waals surface area contributed by atoms with Gasteiger partial charge in [0.1, 0.15) is 11.9 Å². The molecule has 2 heterocycles. The van der Waals surface area contributed by atoms with Crippen LogP contribution in [-0.2, 0) is 6.54 Å². The van der Waals surface area contributed by atoms with Crippen molar-refractivity contribution < 1.29 is 9.53 Å². The van der Waals surface area contributed by atoms with E-state index in [-0.39, 0.29) is 12.0 Å². The molecule has 5 nitrogen and oxygen atoms in total. The van der Waals surface area contributed by atoms with Crippen LogP contribution in [0.25, 0.3) is 0 Å². The molecule has 2 saturated heterocycles. The first-order valence-corrected chi connectivity index (χ1v) is 16.3. The van der Waals surface area contributed by atoms with Crippen molar-refractivity contribution in [2.45, 2.75) is 44.2 Å². The van der Waals surface area contributed by atoms with Gasteiger partial charge in [-0.1, -0.05) is 97.1 Å². The van der Waals surface area contributed by atoms with Gasteiger partial charge in [0.05, 0.1) is 0 Å². The maximum Gasteiger partial charge on any atom is 0.251 e. The van der Waals surface area contributed by atoms with Crippen LogP contribution in [0.5, 0.6) is 5.75 Å². The predicted octanol–water partition coefficient (Wildman–Crippen LogP) is 7.00. The first-order valence-electron chi connectivity index (χ1n) is 16.3. The summed E-state index contributed by atoms with van der Waals surface area (Å²) >= 11 is 0. The third-order valence-corrected chi connectivity index (χ3v) is 9.18. The Hall–Kier alpha value is -3.93. The van der Waals surface area contributed by atoms with E-state index >= 15 is 0 Å². The van der Waals surface area contributed by atoms with Gasteiger partial charge in [0, 0.05) is 50.7 Å². The highest BCUT2D eigenvalue weighted by molar-refractivity contribution is 5.94. The van der Waals surface area contributed by atoms with E-state index in [1.807, 2.05) is 24.3 Å². The topological polar surface area (TPSA) is 44.8 Å². The van der Waals surface area contributed by atoms with Crippen molar-refractivity contribution in [1.82, 2.24) is 15.1 Å². The van der Waals surface area contributed by atoms with Gasteiger partial charge in [-0.25, -0.2) is 0 Å². The molecule has 5 heteroatoms. The fourth-order valence-corrected chi connectivity index (χ4v) is 6.79. The number of nitrogens with one attached hydrogen (secondary N) is 1. The van der Waals surface area contributed by atoms with Gasteiger partial charge in [0.25, 0.3) is 5.91 Å². The fraction of sp³-hybridized carbons (Fsp3) is 0.359. The van der Waals surface area contributed by atoms with Crippen molar-refractivity contribution in [2.75, 3.05) is 39.3 Å². The van der Waals surface area contributed by atoms with E-state index in [0.29, 0.717) is 23.9 Å². The molecule has 2 aliphatic rings. The summed E-state index contributed by atoms with van der Waals surface area (Å²) in [5.74, 6) is 1.60. The van der Waals surface area contributed by atoms with Crippen LogP contribution in [0.1, 0.15) is 58.6 Å². The molecule has 0 bridgehead atoms. The molecule has 0 aromatic heterocycles. The monoisotopic (exact) mass is 587 g/mol. The summed E-state index contributed by atoms with van der Waals surface area (Å²) < 4.78 is 6.42. The molecular formula is C39H45N3O2. The molecule has 6 rings (SSSR count). The lowest BCUT2D eigenvalue weighted by Gasteiger charge is -2.34. The number of likely N-dealkylation sites (tertiary alicyclic amines) is 2. The van der Waals surface area contributed by atoms with E-state index in [1.165, 1.54) is 23.1 Å².